The highest BCUT2D eigenvalue weighted by molar-refractivity contribution is 5.83. The number of Topliss-reactive ketones (excluding diaryl/α,β-unsaturated/α-hetero) is 1. The minimum atomic E-state index is 0.205. The van der Waals surface area contributed by atoms with Crippen LogP contribution in [0.1, 0.15) is 90.2 Å². The second-order valence-electron chi connectivity index (χ2n) is 8.74. The number of carbonyl (C=O) groups is 1. The van der Waals surface area contributed by atoms with E-state index in [1.807, 2.05) is 0 Å². The Kier molecular flexibility index (Phi) is 9.54. The molecule has 2 nitrogen and oxygen atoms in total. The molecule has 2 heteroatoms. The highest BCUT2D eigenvalue weighted by atomic mass is 16.1. The Balaban J connectivity index is 2.01. The molecule has 152 valence electrons. The molecule has 1 aromatic rings. The van der Waals surface area contributed by atoms with E-state index >= 15 is 0 Å². The molecule has 27 heavy (non-hydrogen) atoms. The zero-order chi connectivity index (χ0) is 19.6. The van der Waals surface area contributed by atoms with Crippen molar-refractivity contribution in [1.29, 1.82) is 0 Å². The molecule has 1 aliphatic carbocycles. The molecule has 2 rings (SSSR count). The first-order chi connectivity index (χ1) is 13.0. The van der Waals surface area contributed by atoms with Gasteiger partial charge in [-0.2, -0.15) is 0 Å². The predicted octanol–water partition coefficient (Wildman–Crippen LogP) is 6.11. The van der Waals surface area contributed by atoms with Gasteiger partial charge in [-0.15, -0.1) is 0 Å². The number of aryl methyl sites for hydroxylation is 1. The van der Waals surface area contributed by atoms with E-state index in [0.717, 1.165) is 38.5 Å². The third kappa shape index (κ3) is 7.07. The van der Waals surface area contributed by atoms with Crippen LogP contribution in [0, 0.1) is 11.8 Å². The van der Waals surface area contributed by atoms with Gasteiger partial charge in [0.15, 0.2) is 0 Å². The summed E-state index contributed by atoms with van der Waals surface area (Å²) in [5.41, 5.74) is 2.79. The highest BCUT2D eigenvalue weighted by Crippen LogP contribution is 2.28. The van der Waals surface area contributed by atoms with E-state index < -0.39 is 0 Å². The largest absolute Gasteiger partial charge is 0.310 e. The molecule has 0 aromatic heterocycles. The van der Waals surface area contributed by atoms with Gasteiger partial charge >= 0.3 is 0 Å². The second-order valence-corrected chi connectivity index (χ2v) is 8.74. The normalized spacial score (nSPS) is 23.3. The maximum Gasteiger partial charge on any atom is 0.140 e. The molecular formula is C25H41NO. The Morgan fingerprint density at radius 3 is 2.26 bits per heavy atom. The minimum absolute atomic E-state index is 0.205. The summed E-state index contributed by atoms with van der Waals surface area (Å²) in [5, 5.41) is 3.87. The molecule has 1 saturated carbocycles. The van der Waals surface area contributed by atoms with Crippen molar-refractivity contribution in [2.24, 2.45) is 11.8 Å². The van der Waals surface area contributed by atoms with Crippen molar-refractivity contribution >= 4 is 5.78 Å². The van der Waals surface area contributed by atoms with E-state index in [4.69, 9.17) is 0 Å². The molecular weight excluding hydrogens is 330 g/mol. The molecule has 1 N–H and O–H groups in total. The summed E-state index contributed by atoms with van der Waals surface area (Å²) in [6.45, 7) is 8.80. The SMILES string of the molecule is CCCC(C)C(=O)C1CCCCCCC1NC(C)Cc1ccc(CC)cc1. The molecule has 0 saturated heterocycles. The van der Waals surface area contributed by atoms with E-state index in [2.05, 4.69) is 57.3 Å². The molecule has 0 radical (unpaired) electrons. The summed E-state index contributed by atoms with van der Waals surface area (Å²) >= 11 is 0. The number of hydrogen-bond donors (Lipinski definition) is 1. The average Bonchev–Trinajstić information content (AvgIpc) is 2.64. The number of ketones is 1. The Bertz CT molecular complexity index is 550. The lowest BCUT2D eigenvalue weighted by molar-refractivity contribution is -0.128. The van der Waals surface area contributed by atoms with Crippen molar-refractivity contribution in [2.75, 3.05) is 0 Å². The first-order valence-electron chi connectivity index (χ1n) is 11.4. The number of rotatable bonds is 9. The summed E-state index contributed by atoms with van der Waals surface area (Å²) in [4.78, 5) is 13.1. The van der Waals surface area contributed by atoms with Gasteiger partial charge in [-0.25, -0.2) is 0 Å². The minimum Gasteiger partial charge on any atom is -0.310 e. The standard InChI is InChI=1S/C25H41NO/c1-5-11-19(3)25(27)23-12-9-7-8-10-13-24(23)26-20(4)18-22-16-14-21(6-2)15-17-22/h14-17,19-20,23-24,26H,5-13,18H2,1-4H3. The van der Waals surface area contributed by atoms with Crippen LogP contribution in [0.4, 0.5) is 0 Å². The molecule has 0 spiro atoms. The quantitative estimate of drug-likeness (QED) is 0.567. The Labute approximate surface area is 167 Å². The van der Waals surface area contributed by atoms with Gasteiger partial charge in [-0.1, -0.05) is 77.1 Å². The number of nitrogens with one attached hydrogen (secondary N) is 1. The van der Waals surface area contributed by atoms with E-state index in [1.165, 1.54) is 36.8 Å². The lowest BCUT2D eigenvalue weighted by atomic mass is 9.79. The van der Waals surface area contributed by atoms with E-state index in [0.29, 0.717) is 17.9 Å². The summed E-state index contributed by atoms with van der Waals surface area (Å²) < 4.78 is 0. The van der Waals surface area contributed by atoms with Crippen molar-refractivity contribution in [2.45, 2.75) is 104 Å². The van der Waals surface area contributed by atoms with Crippen LogP contribution in [-0.2, 0) is 17.6 Å². The highest BCUT2D eigenvalue weighted by Gasteiger charge is 2.31. The van der Waals surface area contributed by atoms with Gasteiger partial charge in [0.25, 0.3) is 0 Å². The molecule has 4 unspecified atom stereocenters. The van der Waals surface area contributed by atoms with Crippen molar-refractivity contribution < 1.29 is 4.79 Å². The fourth-order valence-electron chi connectivity index (χ4n) is 4.65. The predicted molar refractivity (Wildman–Crippen MR) is 116 cm³/mol. The third-order valence-corrected chi connectivity index (χ3v) is 6.31. The fourth-order valence-corrected chi connectivity index (χ4v) is 4.65. The van der Waals surface area contributed by atoms with Gasteiger partial charge in [0, 0.05) is 23.9 Å². The zero-order valence-corrected chi connectivity index (χ0v) is 18.1. The van der Waals surface area contributed by atoms with Crippen LogP contribution in [0.15, 0.2) is 24.3 Å². The van der Waals surface area contributed by atoms with Crippen LogP contribution in [-0.4, -0.2) is 17.9 Å². The zero-order valence-electron chi connectivity index (χ0n) is 18.1. The van der Waals surface area contributed by atoms with Crippen LogP contribution < -0.4 is 5.32 Å². The maximum absolute atomic E-state index is 13.1. The van der Waals surface area contributed by atoms with E-state index in [1.54, 1.807) is 0 Å². The molecule has 0 aliphatic heterocycles. The Morgan fingerprint density at radius 1 is 1.00 bits per heavy atom. The number of carbonyl (C=O) groups excluding carboxylic acids is 1. The van der Waals surface area contributed by atoms with Gasteiger partial charge in [-0.3, -0.25) is 4.79 Å². The van der Waals surface area contributed by atoms with Crippen LogP contribution in [0.5, 0.6) is 0 Å². The second kappa shape index (κ2) is 11.6. The first-order valence-corrected chi connectivity index (χ1v) is 11.4. The lowest BCUT2D eigenvalue weighted by Crippen LogP contribution is -2.46. The summed E-state index contributed by atoms with van der Waals surface area (Å²) in [7, 11) is 0. The van der Waals surface area contributed by atoms with E-state index in [9.17, 15) is 4.79 Å². The Morgan fingerprint density at radius 2 is 1.63 bits per heavy atom. The Hall–Kier alpha value is -1.15. The first kappa shape index (κ1) is 22.1. The number of benzene rings is 1. The summed E-state index contributed by atoms with van der Waals surface area (Å²) in [5.74, 6) is 0.924. The van der Waals surface area contributed by atoms with Gasteiger partial charge in [0.05, 0.1) is 0 Å². The summed E-state index contributed by atoms with van der Waals surface area (Å²) in [6, 6.07) is 9.77. The fraction of sp³-hybridized carbons (Fsp3) is 0.720. The average molecular weight is 372 g/mol. The monoisotopic (exact) mass is 371 g/mol. The van der Waals surface area contributed by atoms with Crippen LogP contribution in [0.3, 0.4) is 0 Å². The molecule has 4 atom stereocenters. The van der Waals surface area contributed by atoms with Crippen LogP contribution >= 0.6 is 0 Å². The summed E-state index contributed by atoms with van der Waals surface area (Å²) in [6.07, 6.45) is 11.5. The van der Waals surface area contributed by atoms with Crippen molar-refractivity contribution in [3.05, 3.63) is 35.4 Å². The topological polar surface area (TPSA) is 29.1 Å². The van der Waals surface area contributed by atoms with Crippen molar-refractivity contribution in [1.82, 2.24) is 5.32 Å². The third-order valence-electron chi connectivity index (χ3n) is 6.31. The maximum atomic E-state index is 13.1. The van der Waals surface area contributed by atoms with Crippen LogP contribution in [0.2, 0.25) is 0 Å². The molecule has 0 bridgehead atoms. The van der Waals surface area contributed by atoms with Crippen LogP contribution in [0.25, 0.3) is 0 Å². The van der Waals surface area contributed by atoms with Gasteiger partial charge < -0.3 is 5.32 Å². The van der Waals surface area contributed by atoms with Crippen molar-refractivity contribution in [3.8, 4) is 0 Å². The molecule has 0 amide bonds. The van der Waals surface area contributed by atoms with Gasteiger partial charge in [0.1, 0.15) is 5.78 Å². The smallest absolute Gasteiger partial charge is 0.140 e. The lowest BCUT2D eigenvalue weighted by Gasteiger charge is -2.33. The number of hydrogen-bond acceptors (Lipinski definition) is 2. The molecule has 0 heterocycles. The van der Waals surface area contributed by atoms with Gasteiger partial charge in [-0.05, 0) is 50.2 Å². The van der Waals surface area contributed by atoms with Crippen molar-refractivity contribution in [3.63, 3.8) is 0 Å². The molecule has 1 aliphatic rings. The molecule has 1 aromatic carbocycles. The molecule has 1 fully saturated rings. The van der Waals surface area contributed by atoms with Gasteiger partial charge in [0.2, 0.25) is 0 Å². The van der Waals surface area contributed by atoms with E-state index in [-0.39, 0.29) is 11.8 Å².